The SMILES string of the molecule is O.O=C(NO)c1ccccc1O. The van der Waals surface area contributed by atoms with E-state index in [1.165, 1.54) is 17.6 Å². The molecule has 5 N–H and O–H groups in total. The number of phenols is 1. The predicted molar refractivity (Wildman–Crippen MR) is 41.0 cm³/mol. The van der Waals surface area contributed by atoms with Gasteiger partial charge < -0.3 is 10.6 Å². The number of hydrogen-bond acceptors (Lipinski definition) is 3. The quantitative estimate of drug-likeness (QED) is 0.399. The monoisotopic (exact) mass is 171 g/mol. The molecule has 5 heteroatoms. The van der Waals surface area contributed by atoms with E-state index in [2.05, 4.69) is 0 Å². The standard InChI is InChI=1S/C7H7NO3.H2O/c9-6-4-2-1-3-5(6)7(10)8-11;/h1-4,9,11H,(H,8,10);1H2. The predicted octanol–water partition coefficient (Wildman–Crippen LogP) is -0.314. The molecule has 0 aromatic heterocycles. The number of amides is 1. The van der Waals surface area contributed by atoms with E-state index in [0.29, 0.717) is 0 Å². The zero-order valence-corrected chi connectivity index (χ0v) is 6.11. The minimum absolute atomic E-state index is 0. The summed E-state index contributed by atoms with van der Waals surface area (Å²) in [4.78, 5) is 10.7. The first kappa shape index (κ1) is 10.4. The van der Waals surface area contributed by atoms with Crippen molar-refractivity contribution in [2.75, 3.05) is 0 Å². The highest BCUT2D eigenvalue weighted by molar-refractivity contribution is 5.95. The van der Waals surface area contributed by atoms with Crippen molar-refractivity contribution in [3.8, 4) is 5.75 Å². The lowest BCUT2D eigenvalue weighted by Gasteiger charge is -1.99. The summed E-state index contributed by atoms with van der Waals surface area (Å²) in [5.74, 6) is -0.873. The molecule has 0 saturated heterocycles. The molecule has 0 atom stereocenters. The largest absolute Gasteiger partial charge is 0.507 e. The molecule has 1 aromatic carbocycles. The van der Waals surface area contributed by atoms with E-state index in [4.69, 9.17) is 10.3 Å². The Morgan fingerprint density at radius 1 is 1.33 bits per heavy atom. The van der Waals surface area contributed by atoms with Crippen molar-refractivity contribution >= 4 is 5.91 Å². The highest BCUT2D eigenvalue weighted by Gasteiger charge is 2.07. The molecule has 1 amide bonds. The first-order chi connectivity index (χ1) is 5.25. The van der Waals surface area contributed by atoms with Gasteiger partial charge in [-0.2, -0.15) is 0 Å². The molecule has 5 nitrogen and oxygen atoms in total. The molecule has 0 aliphatic rings. The lowest BCUT2D eigenvalue weighted by molar-refractivity contribution is 0.0703. The van der Waals surface area contributed by atoms with Crippen LogP contribution in [0.3, 0.4) is 0 Å². The summed E-state index contributed by atoms with van der Waals surface area (Å²) in [5, 5.41) is 17.2. The van der Waals surface area contributed by atoms with Crippen LogP contribution in [0.5, 0.6) is 5.75 Å². The minimum Gasteiger partial charge on any atom is -0.507 e. The molecule has 12 heavy (non-hydrogen) atoms. The van der Waals surface area contributed by atoms with Gasteiger partial charge in [0.25, 0.3) is 5.91 Å². The fourth-order valence-electron chi connectivity index (χ4n) is 0.726. The van der Waals surface area contributed by atoms with Crippen LogP contribution in [0.15, 0.2) is 24.3 Å². The maximum absolute atomic E-state index is 10.7. The van der Waals surface area contributed by atoms with Crippen LogP contribution in [0.2, 0.25) is 0 Å². The van der Waals surface area contributed by atoms with Crippen LogP contribution in [-0.4, -0.2) is 21.7 Å². The Kier molecular flexibility index (Phi) is 3.75. The third-order valence-electron chi connectivity index (χ3n) is 1.25. The molecule has 1 aromatic rings. The Morgan fingerprint density at radius 3 is 2.42 bits per heavy atom. The number of benzene rings is 1. The van der Waals surface area contributed by atoms with E-state index >= 15 is 0 Å². The molecular formula is C7H9NO4. The Bertz CT molecular complexity index is 274. The lowest BCUT2D eigenvalue weighted by atomic mass is 10.2. The topological polar surface area (TPSA) is 101 Å². The van der Waals surface area contributed by atoms with E-state index in [1.807, 2.05) is 0 Å². The van der Waals surface area contributed by atoms with Crippen LogP contribution in [0.25, 0.3) is 0 Å². The Balaban J connectivity index is 0.00000121. The van der Waals surface area contributed by atoms with E-state index in [-0.39, 0.29) is 16.8 Å². The van der Waals surface area contributed by atoms with Gasteiger partial charge in [-0.1, -0.05) is 12.1 Å². The number of carbonyl (C=O) groups is 1. The minimum atomic E-state index is -0.719. The van der Waals surface area contributed by atoms with Gasteiger partial charge in [-0.15, -0.1) is 0 Å². The Hall–Kier alpha value is -1.59. The average molecular weight is 171 g/mol. The van der Waals surface area contributed by atoms with Crippen LogP contribution in [-0.2, 0) is 0 Å². The summed E-state index contributed by atoms with van der Waals surface area (Å²) in [7, 11) is 0. The second kappa shape index (κ2) is 4.32. The second-order valence-electron chi connectivity index (χ2n) is 1.96. The fourth-order valence-corrected chi connectivity index (χ4v) is 0.726. The smallest absolute Gasteiger partial charge is 0.278 e. The van der Waals surface area contributed by atoms with Gasteiger partial charge in [0.05, 0.1) is 5.56 Å². The molecule has 0 radical (unpaired) electrons. The molecule has 0 unspecified atom stereocenters. The summed E-state index contributed by atoms with van der Waals surface area (Å²) < 4.78 is 0. The maximum atomic E-state index is 10.7. The van der Waals surface area contributed by atoms with Gasteiger partial charge in [-0.3, -0.25) is 10.0 Å². The fraction of sp³-hybridized carbons (Fsp3) is 0. The number of para-hydroxylation sites is 1. The van der Waals surface area contributed by atoms with Gasteiger partial charge in [-0.05, 0) is 12.1 Å². The molecule has 0 spiro atoms. The Morgan fingerprint density at radius 2 is 1.92 bits per heavy atom. The molecule has 0 bridgehead atoms. The molecule has 0 aliphatic heterocycles. The van der Waals surface area contributed by atoms with Crippen LogP contribution >= 0.6 is 0 Å². The Labute approximate surface area is 68.5 Å². The number of hydrogen-bond donors (Lipinski definition) is 3. The van der Waals surface area contributed by atoms with E-state index < -0.39 is 5.91 Å². The zero-order valence-electron chi connectivity index (χ0n) is 6.11. The molecule has 0 heterocycles. The van der Waals surface area contributed by atoms with Gasteiger partial charge in [0.15, 0.2) is 0 Å². The van der Waals surface area contributed by atoms with Gasteiger partial charge in [0, 0.05) is 0 Å². The van der Waals surface area contributed by atoms with Crippen molar-refractivity contribution in [3.63, 3.8) is 0 Å². The third-order valence-corrected chi connectivity index (χ3v) is 1.25. The highest BCUT2D eigenvalue weighted by atomic mass is 16.5. The summed E-state index contributed by atoms with van der Waals surface area (Å²) in [6.07, 6.45) is 0. The summed E-state index contributed by atoms with van der Waals surface area (Å²) in [5.41, 5.74) is 1.47. The molecule has 0 fully saturated rings. The average Bonchev–Trinajstić information content (AvgIpc) is 2.04. The van der Waals surface area contributed by atoms with Crippen LogP contribution in [0.4, 0.5) is 0 Å². The van der Waals surface area contributed by atoms with E-state index in [0.717, 1.165) is 0 Å². The highest BCUT2D eigenvalue weighted by Crippen LogP contribution is 2.14. The second-order valence-corrected chi connectivity index (χ2v) is 1.96. The molecule has 0 aliphatic carbocycles. The van der Waals surface area contributed by atoms with Crippen LogP contribution < -0.4 is 5.48 Å². The van der Waals surface area contributed by atoms with Gasteiger partial charge >= 0.3 is 0 Å². The van der Waals surface area contributed by atoms with Gasteiger partial charge in [0.2, 0.25) is 0 Å². The van der Waals surface area contributed by atoms with Crippen molar-refractivity contribution in [2.24, 2.45) is 0 Å². The van der Waals surface area contributed by atoms with Crippen molar-refractivity contribution in [1.82, 2.24) is 5.48 Å². The molecular weight excluding hydrogens is 162 g/mol. The molecule has 66 valence electrons. The first-order valence-corrected chi connectivity index (χ1v) is 2.98. The third kappa shape index (κ3) is 1.94. The van der Waals surface area contributed by atoms with Gasteiger partial charge in [-0.25, -0.2) is 5.48 Å². The lowest BCUT2D eigenvalue weighted by Crippen LogP contribution is -2.18. The van der Waals surface area contributed by atoms with Crippen molar-refractivity contribution in [1.29, 1.82) is 0 Å². The number of phenolic OH excluding ortho intramolecular Hbond substituents is 1. The number of rotatable bonds is 1. The first-order valence-electron chi connectivity index (χ1n) is 2.98. The summed E-state index contributed by atoms with van der Waals surface area (Å²) >= 11 is 0. The number of aromatic hydroxyl groups is 1. The zero-order chi connectivity index (χ0) is 8.27. The number of hydroxylamine groups is 1. The summed E-state index contributed by atoms with van der Waals surface area (Å²) in [6, 6.07) is 5.94. The van der Waals surface area contributed by atoms with Crippen molar-refractivity contribution < 1.29 is 20.6 Å². The van der Waals surface area contributed by atoms with Crippen LogP contribution in [0, 0.1) is 0 Å². The van der Waals surface area contributed by atoms with E-state index in [9.17, 15) is 4.79 Å². The van der Waals surface area contributed by atoms with E-state index in [1.54, 1.807) is 12.1 Å². The van der Waals surface area contributed by atoms with Gasteiger partial charge in [0.1, 0.15) is 5.75 Å². The number of nitrogens with one attached hydrogen (secondary N) is 1. The number of carbonyl (C=O) groups excluding carboxylic acids is 1. The van der Waals surface area contributed by atoms with Crippen molar-refractivity contribution in [2.45, 2.75) is 0 Å². The molecule has 1 rings (SSSR count). The summed E-state index contributed by atoms with van der Waals surface area (Å²) in [6.45, 7) is 0. The van der Waals surface area contributed by atoms with Crippen LogP contribution in [0.1, 0.15) is 10.4 Å². The normalized spacial score (nSPS) is 8.42. The van der Waals surface area contributed by atoms with Crippen molar-refractivity contribution in [3.05, 3.63) is 29.8 Å². The maximum Gasteiger partial charge on any atom is 0.278 e. The molecule has 0 saturated carbocycles.